The summed E-state index contributed by atoms with van der Waals surface area (Å²) in [7, 11) is 0. The first kappa shape index (κ1) is 43.5. The lowest BCUT2D eigenvalue weighted by molar-refractivity contribution is 0.977. The Bertz CT molecular complexity index is 4370. The predicted octanol–water partition coefficient (Wildman–Crippen LogP) is 20.0. The van der Waals surface area contributed by atoms with E-state index in [2.05, 4.69) is 289 Å². The molecule has 348 valence electrons. The van der Waals surface area contributed by atoms with E-state index in [4.69, 9.17) is 0 Å². The van der Waals surface area contributed by atoms with Crippen LogP contribution in [0.2, 0.25) is 0 Å². The van der Waals surface area contributed by atoms with Gasteiger partial charge in [-0.15, -0.1) is 11.3 Å². The molecule has 2 aromatic heterocycles. The highest BCUT2D eigenvalue weighted by Gasteiger charge is 2.19. The molecule has 0 saturated carbocycles. The molecule has 2 nitrogen and oxygen atoms in total. The van der Waals surface area contributed by atoms with Gasteiger partial charge in [0.25, 0.3) is 0 Å². The van der Waals surface area contributed by atoms with Crippen LogP contribution in [0.4, 0.5) is 11.4 Å². The molecule has 14 rings (SSSR count). The maximum Gasteiger partial charge on any atom is 0.0547 e. The van der Waals surface area contributed by atoms with Gasteiger partial charge in [-0.2, -0.15) is 0 Å². The van der Waals surface area contributed by atoms with Crippen molar-refractivity contribution < 1.29 is 0 Å². The molecule has 0 amide bonds. The molecule has 2 heterocycles. The summed E-state index contributed by atoms with van der Waals surface area (Å²) in [6.07, 6.45) is 0. The topological polar surface area (TPSA) is 8.17 Å². The van der Waals surface area contributed by atoms with E-state index in [1.165, 1.54) is 120 Å². The molecule has 0 aliphatic heterocycles. The van der Waals surface area contributed by atoms with E-state index in [-0.39, 0.29) is 0 Å². The van der Waals surface area contributed by atoms with E-state index in [1.807, 2.05) is 11.3 Å². The van der Waals surface area contributed by atoms with E-state index in [0.717, 1.165) is 11.4 Å². The van der Waals surface area contributed by atoms with Crippen LogP contribution in [0.3, 0.4) is 0 Å². The van der Waals surface area contributed by atoms with Gasteiger partial charge in [-0.3, -0.25) is 0 Å². The van der Waals surface area contributed by atoms with Crippen LogP contribution in [-0.4, -0.2) is 4.57 Å². The Hall–Kier alpha value is -9.28. The van der Waals surface area contributed by atoms with Crippen molar-refractivity contribution in [2.24, 2.45) is 0 Å². The molecule has 0 aliphatic carbocycles. The molecule has 14 aromatic rings. The van der Waals surface area contributed by atoms with Crippen LogP contribution in [0.5, 0.6) is 0 Å². The third-order valence-corrected chi connectivity index (χ3v) is 16.1. The minimum atomic E-state index is 0.678. The molecule has 0 N–H and O–H groups in total. The number of hydrogen-bond acceptors (Lipinski definition) is 2. The van der Waals surface area contributed by atoms with E-state index in [1.54, 1.807) is 0 Å². The van der Waals surface area contributed by atoms with Crippen molar-refractivity contribution in [1.82, 2.24) is 4.57 Å². The summed E-state index contributed by atoms with van der Waals surface area (Å²) < 4.78 is 5.07. The van der Waals surface area contributed by atoms with Crippen molar-refractivity contribution in [2.75, 3.05) is 4.90 Å². The first-order chi connectivity index (χ1) is 36.7. The molecule has 0 radical (unpaired) electrons. The highest BCUT2D eigenvalue weighted by Crippen LogP contribution is 2.43. The molecule has 0 bridgehead atoms. The second-order valence-corrected chi connectivity index (χ2v) is 20.3. The minimum Gasteiger partial charge on any atom is -0.337 e. The maximum atomic E-state index is 2.45. The van der Waals surface area contributed by atoms with Gasteiger partial charge in [-0.05, 0) is 133 Å². The van der Waals surface area contributed by atoms with Gasteiger partial charge < -0.3 is 9.47 Å². The number of rotatable bonds is 10. The summed E-state index contributed by atoms with van der Waals surface area (Å²) in [6.45, 7) is 0.678. The summed E-state index contributed by atoms with van der Waals surface area (Å²) >= 11 is 1.87. The average molecular weight is 961 g/mol. The minimum absolute atomic E-state index is 0.678. The molecule has 0 unspecified atom stereocenters. The molecule has 0 fully saturated rings. The zero-order chi connectivity index (χ0) is 49.0. The van der Waals surface area contributed by atoms with Gasteiger partial charge in [-0.1, -0.05) is 218 Å². The van der Waals surface area contributed by atoms with Crippen molar-refractivity contribution >= 4 is 75.5 Å². The zero-order valence-corrected chi connectivity index (χ0v) is 41.4. The fourth-order valence-electron chi connectivity index (χ4n) is 11.3. The van der Waals surface area contributed by atoms with E-state index < -0.39 is 0 Å². The molecule has 12 aromatic carbocycles. The van der Waals surface area contributed by atoms with Crippen molar-refractivity contribution in [2.45, 2.75) is 6.54 Å². The first-order valence-corrected chi connectivity index (χ1v) is 26.2. The molecule has 0 saturated heterocycles. The van der Waals surface area contributed by atoms with Gasteiger partial charge in [-0.25, -0.2) is 0 Å². The van der Waals surface area contributed by atoms with Crippen molar-refractivity contribution in [3.05, 3.63) is 285 Å². The van der Waals surface area contributed by atoms with Gasteiger partial charge in [0.1, 0.15) is 0 Å². The Balaban J connectivity index is 0.821. The standard InChI is InChI=1S/C71H48N2S/c1-2-15-48(16-3-1)50-35-39-57(40-36-50)72(58-41-37-51(38-42-58)49-31-33-53(34-32-49)62-26-13-19-52-17-4-7-23-61(52)62)47-56-18-5-6-22-60(56)54-20-12-21-55(45-54)63-27-14-29-68-71(63)66-25-8-10-28-67(66)73(68)59-43-44-65-64-24-9-11-30-69(64)74-70(65)46-59/h1-46H,47H2. The fraction of sp³-hybridized carbons (Fsp3) is 0.0141. The summed E-state index contributed by atoms with van der Waals surface area (Å²) in [6, 6.07) is 102. The highest BCUT2D eigenvalue weighted by molar-refractivity contribution is 7.25. The summed E-state index contributed by atoms with van der Waals surface area (Å²) in [5.74, 6) is 0. The molecule has 0 spiro atoms. The van der Waals surface area contributed by atoms with Crippen molar-refractivity contribution in [3.8, 4) is 61.3 Å². The summed E-state index contributed by atoms with van der Waals surface area (Å²) in [5, 5.41) is 7.67. The van der Waals surface area contributed by atoms with E-state index in [0.29, 0.717) is 6.54 Å². The number of fused-ring (bicyclic) bond motifs is 7. The zero-order valence-electron chi connectivity index (χ0n) is 40.6. The molecule has 0 atom stereocenters. The predicted molar refractivity (Wildman–Crippen MR) is 317 cm³/mol. The maximum absolute atomic E-state index is 2.45. The number of para-hydroxylation sites is 1. The molecule has 3 heteroatoms. The molecular weight excluding hydrogens is 913 g/mol. The third-order valence-electron chi connectivity index (χ3n) is 14.9. The first-order valence-electron chi connectivity index (χ1n) is 25.4. The average Bonchev–Trinajstić information content (AvgIpc) is 4.03. The molecular formula is C71H48N2S. The number of nitrogens with zero attached hydrogens (tertiary/aromatic N) is 2. The van der Waals surface area contributed by atoms with Crippen LogP contribution < -0.4 is 4.90 Å². The second kappa shape index (κ2) is 18.4. The lowest BCUT2D eigenvalue weighted by Crippen LogP contribution is -2.17. The van der Waals surface area contributed by atoms with E-state index in [9.17, 15) is 0 Å². The second-order valence-electron chi connectivity index (χ2n) is 19.2. The molecule has 74 heavy (non-hydrogen) atoms. The van der Waals surface area contributed by atoms with Crippen LogP contribution in [0.1, 0.15) is 5.56 Å². The van der Waals surface area contributed by atoms with Crippen LogP contribution in [-0.2, 0) is 6.54 Å². The van der Waals surface area contributed by atoms with Crippen LogP contribution in [0.25, 0.3) is 114 Å². The number of anilines is 2. The fourth-order valence-corrected chi connectivity index (χ4v) is 12.4. The highest BCUT2D eigenvalue weighted by atomic mass is 32.1. The third kappa shape index (κ3) is 7.74. The van der Waals surface area contributed by atoms with Gasteiger partial charge in [0.2, 0.25) is 0 Å². The SMILES string of the molecule is c1ccc(-c2ccc(N(Cc3ccccc3-c3cccc(-c4cccc5c4c4ccccc4n5-c4ccc5c(c4)sc4ccccc45)c3)c3ccc(-c4ccc(-c5cccc6ccccc56)cc4)cc3)cc2)cc1. The number of thiophene rings is 1. The van der Waals surface area contributed by atoms with Gasteiger partial charge in [0, 0.05) is 54.6 Å². The van der Waals surface area contributed by atoms with Crippen molar-refractivity contribution in [1.29, 1.82) is 0 Å². The Labute approximate surface area is 434 Å². The Morgan fingerprint density at radius 2 is 0.824 bits per heavy atom. The Morgan fingerprint density at radius 3 is 1.61 bits per heavy atom. The van der Waals surface area contributed by atoms with Crippen LogP contribution in [0.15, 0.2) is 279 Å². The summed E-state index contributed by atoms with van der Waals surface area (Å²) in [5.41, 5.74) is 19.2. The van der Waals surface area contributed by atoms with Gasteiger partial charge in [0.15, 0.2) is 0 Å². The lowest BCUT2D eigenvalue weighted by atomic mass is 9.93. The van der Waals surface area contributed by atoms with Crippen LogP contribution >= 0.6 is 11.3 Å². The lowest BCUT2D eigenvalue weighted by Gasteiger charge is -2.27. The smallest absolute Gasteiger partial charge is 0.0547 e. The number of benzene rings is 12. The normalized spacial score (nSPS) is 11.6. The van der Waals surface area contributed by atoms with Gasteiger partial charge >= 0.3 is 0 Å². The largest absolute Gasteiger partial charge is 0.337 e. The quantitative estimate of drug-likeness (QED) is 0.133. The molecule has 0 aliphatic rings. The Morgan fingerprint density at radius 1 is 0.311 bits per heavy atom. The Kier molecular flexibility index (Phi) is 10.8. The monoisotopic (exact) mass is 960 g/mol. The van der Waals surface area contributed by atoms with E-state index >= 15 is 0 Å². The number of aromatic nitrogens is 1. The van der Waals surface area contributed by atoms with Crippen molar-refractivity contribution in [3.63, 3.8) is 0 Å². The van der Waals surface area contributed by atoms with Crippen LogP contribution in [0, 0.1) is 0 Å². The number of hydrogen-bond donors (Lipinski definition) is 0. The van der Waals surface area contributed by atoms with Gasteiger partial charge in [0.05, 0.1) is 11.0 Å². The summed E-state index contributed by atoms with van der Waals surface area (Å²) in [4.78, 5) is 2.45.